The number of ether oxygens (including phenoxy) is 1. The number of carbonyl (C=O) groups is 1. The molecular weight excluding hydrogens is 276 g/mol. The van der Waals surface area contributed by atoms with E-state index in [4.69, 9.17) is 16.3 Å². The van der Waals surface area contributed by atoms with Gasteiger partial charge in [0.05, 0.1) is 0 Å². The lowest BCUT2D eigenvalue weighted by Crippen LogP contribution is -2.51. The number of rotatable bonds is 4. The molecule has 1 aromatic carbocycles. The first-order chi connectivity index (χ1) is 9.60. The minimum Gasteiger partial charge on any atom is -0.481 e. The Labute approximate surface area is 125 Å². The fourth-order valence-electron chi connectivity index (χ4n) is 2.22. The topological polar surface area (TPSA) is 32.8 Å². The molecule has 2 rings (SSSR count). The molecule has 0 bridgehead atoms. The Bertz CT molecular complexity index is 442. The number of nitrogens with zero attached hydrogens (tertiary/aromatic N) is 2. The number of piperazine rings is 1. The molecule has 20 heavy (non-hydrogen) atoms. The van der Waals surface area contributed by atoms with Gasteiger partial charge in [-0.25, -0.2) is 0 Å². The Hall–Kier alpha value is -1.26. The van der Waals surface area contributed by atoms with Gasteiger partial charge in [-0.15, -0.1) is 0 Å². The van der Waals surface area contributed by atoms with Crippen LogP contribution in [0.1, 0.15) is 13.3 Å². The first kappa shape index (κ1) is 15.1. The maximum atomic E-state index is 12.5. The summed E-state index contributed by atoms with van der Waals surface area (Å²) >= 11 is 5.84. The van der Waals surface area contributed by atoms with Crippen LogP contribution in [0.25, 0.3) is 0 Å². The molecule has 1 heterocycles. The van der Waals surface area contributed by atoms with Gasteiger partial charge in [0.2, 0.25) is 0 Å². The molecule has 1 saturated heterocycles. The van der Waals surface area contributed by atoms with E-state index in [1.807, 2.05) is 11.8 Å². The maximum absolute atomic E-state index is 12.5. The van der Waals surface area contributed by atoms with E-state index >= 15 is 0 Å². The van der Waals surface area contributed by atoms with Crippen LogP contribution in [-0.4, -0.2) is 55.0 Å². The van der Waals surface area contributed by atoms with Crippen molar-refractivity contribution >= 4 is 17.5 Å². The van der Waals surface area contributed by atoms with Gasteiger partial charge in [0, 0.05) is 31.2 Å². The van der Waals surface area contributed by atoms with Crippen LogP contribution >= 0.6 is 11.6 Å². The van der Waals surface area contributed by atoms with E-state index in [0.29, 0.717) is 17.2 Å². The SMILES string of the molecule is CCC(Oc1ccc(Cl)cc1)C(=O)N1CCN(C)CC1. The highest BCUT2D eigenvalue weighted by Gasteiger charge is 2.26. The van der Waals surface area contributed by atoms with Crippen molar-refractivity contribution in [2.24, 2.45) is 0 Å². The Morgan fingerprint density at radius 1 is 1.25 bits per heavy atom. The summed E-state index contributed by atoms with van der Waals surface area (Å²) in [6, 6.07) is 7.12. The van der Waals surface area contributed by atoms with Gasteiger partial charge >= 0.3 is 0 Å². The summed E-state index contributed by atoms with van der Waals surface area (Å²) < 4.78 is 5.80. The van der Waals surface area contributed by atoms with Gasteiger partial charge < -0.3 is 14.5 Å². The van der Waals surface area contributed by atoms with Gasteiger partial charge in [0.1, 0.15) is 5.75 Å². The first-order valence-corrected chi connectivity index (χ1v) is 7.37. The zero-order valence-corrected chi connectivity index (χ0v) is 12.8. The summed E-state index contributed by atoms with van der Waals surface area (Å²) in [7, 11) is 2.07. The summed E-state index contributed by atoms with van der Waals surface area (Å²) in [5.41, 5.74) is 0. The predicted molar refractivity (Wildman–Crippen MR) is 80.2 cm³/mol. The van der Waals surface area contributed by atoms with E-state index in [1.165, 1.54) is 0 Å². The molecule has 1 aliphatic heterocycles. The third kappa shape index (κ3) is 3.87. The number of hydrogen-bond donors (Lipinski definition) is 0. The molecule has 0 spiro atoms. The highest BCUT2D eigenvalue weighted by molar-refractivity contribution is 6.30. The molecular formula is C15H21ClN2O2. The molecule has 0 aromatic heterocycles. The molecule has 1 fully saturated rings. The van der Waals surface area contributed by atoms with Crippen molar-refractivity contribution in [3.63, 3.8) is 0 Å². The summed E-state index contributed by atoms with van der Waals surface area (Å²) in [5, 5.41) is 0.663. The molecule has 5 heteroatoms. The van der Waals surface area contributed by atoms with Crippen LogP contribution in [0.2, 0.25) is 5.02 Å². The number of benzene rings is 1. The van der Waals surface area contributed by atoms with Crippen molar-refractivity contribution in [2.45, 2.75) is 19.4 Å². The van der Waals surface area contributed by atoms with Gasteiger partial charge in [-0.2, -0.15) is 0 Å². The molecule has 4 nitrogen and oxygen atoms in total. The van der Waals surface area contributed by atoms with Crippen LogP contribution in [0.5, 0.6) is 5.75 Å². The summed E-state index contributed by atoms with van der Waals surface area (Å²) in [6.07, 6.45) is 0.243. The van der Waals surface area contributed by atoms with Crippen molar-refractivity contribution in [1.82, 2.24) is 9.80 Å². The second kappa shape index (κ2) is 6.95. The summed E-state index contributed by atoms with van der Waals surface area (Å²) in [6.45, 7) is 5.35. The van der Waals surface area contributed by atoms with Crippen molar-refractivity contribution < 1.29 is 9.53 Å². The van der Waals surface area contributed by atoms with Gasteiger partial charge in [0.15, 0.2) is 6.10 Å². The molecule has 1 unspecified atom stereocenters. The zero-order chi connectivity index (χ0) is 14.5. The normalized spacial score (nSPS) is 17.9. The molecule has 110 valence electrons. The number of carbonyl (C=O) groups excluding carboxylic acids is 1. The third-order valence-corrected chi connectivity index (χ3v) is 3.81. The number of amides is 1. The zero-order valence-electron chi connectivity index (χ0n) is 12.0. The van der Waals surface area contributed by atoms with E-state index < -0.39 is 6.10 Å². The quantitative estimate of drug-likeness (QED) is 0.854. The minimum absolute atomic E-state index is 0.0792. The monoisotopic (exact) mass is 296 g/mol. The lowest BCUT2D eigenvalue weighted by molar-refractivity contribution is -0.140. The molecule has 1 amide bonds. The van der Waals surface area contributed by atoms with E-state index in [1.54, 1.807) is 24.3 Å². The Balaban J connectivity index is 1.97. The van der Waals surface area contributed by atoms with Crippen molar-refractivity contribution in [3.8, 4) is 5.75 Å². The first-order valence-electron chi connectivity index (χ1n) is 6.99. The Morgan fingerprint density at radius 2 is 1.85 bits per heavy atom. The van der Waals surface area contributed by atoms with E-state index in [-0.39, 0.29) is 5.91 Å². The van der Waals surface area contributed by atoms with E-state index in [2.05, 4.69) is 11.9 Å². The van der Waals surface area contributed by atoms with Gasteiger partial charge in [-0.1, -0.05) is 18.5 Å². The van der Waals surface area contributed by atoms with Crippen LogP contribution in [0.3, 0.4) is 0 Å². The number of halogens is 1. The second-order valence-electron chi connectivity index (χ2n) is 5.10. The lowest BCUT2D eigenvalue weighted by atomic mass is 10.2. The maximum Gasteiger partial charge on any atom is 0.263 e. The van der Waals surface area contributed by atoms with E-state index in [9.17, 15) is 4.79 Å². The predicted octanol–water partition coefficient (Wildman–Crippen LogP) is 2.27. The van der Waals surface area contributed by atoms with Crippen LogP contribution in [0, 0.1) is 0 Å². The van der Waals surface area contributed by atoms with Gasteiger partial charge in [-0.3, -0.25) is 4.79 Å². The van der Waals surface area contributed by atoms with Gasteiger partial charge in [-0.05, 0) is 37.7 Å². The second-order valence-corrected chi connectivity index (χ2v) is 5.53. The van der Waals surface area contributed by atoms with E-state index in [0.717, 1.165) is 26.2 Å². The standard InChI is InChI=1S/C15H21ClN2O2/c1-3-14(20-13-6-4-12(16)5-7-13)15(19)18-10-8-17(2)9-11-18/h4-7,14H,3,8-11H2,1-2H3. The third-order valence-electron chi connectivity index (χ3n) is 3.55. The largest absolute Gasteiger partial charge is 0.481 e. The Morgan fingerprint density at radius 3 is 2.40 bits per heavy atom. The fourth-order valence-corrected chi connectivity index (χ4v) is 2.34. The fraction of sp³-hybridized carbons (Fsp3) is 0.533. The summed E-state index contributed by atoms with van der Waals surface area (Å²) in [4.78, 5) is 16.6. The molecule has 0 radical (unpaired) electrons. The lowest BCUT2D eigenvalue weighted by Gasteiger charge is -2.34. The van der Waals surface area contributed by atoms with Crippen molar-refractivity contribution in [1.29, 1.82) is 0 Å². The van der Waals surface area contributed by atoms with Crippen LogP contribution in [-0.2, 0) is 4.79 Å². The smallest absolute Gasteiger partial charge is 0.263 e. The molecule has 1 aliphatic rings. The van der Waals surface area contributed by atoms with Crippen LogP contribution in [0.4, 0.5) is 0 Å². The number of hydrogen-bond acceptors (Lipinski definition) is 3. The van der Waals surface area contributed by atoms with Crippen molar-refractivity contribution in [3.05, 3.63) is 29.3 Å². The highest BCUT2D eigenvalue weighted by atomic mass is 35.5. The molecule has 1 aromatic rings. The van der Waals surface area contributed by atoms with Crippen LogP contribution in [0.15, 0.2) is 24.3 Å². The highest BCUT2D eigenvalue weighted by Crippen LogP contribution is 2.18. The molecule has 0 aliphatic carbocycles. The average Bonchev–Trinajstić information content (AvgIpc) is 2.47. The van der Waals surface area contributed by atoms with Crippen LogP contribution < -0.4 is 4.74 Å². The van der Waals surface area contributed by atoms with Gasteiger partial charge in [0.25, 0.3) is 5.91 Å². The molecule has 1 atom stereocenters. The summed E-state index contributed by atoms with van der Waals surface area (Å²) in [5.74, 6) is 0.763. The Kier molecular flexibility index (Phi) is 5.26. The van der Waals surface area contributed by atoms with Crippen molar-refractivity contribution in [2.75, 3.05) is 33.2 Å². The molecule has 0 saturated carbocycles. The average molecular weight is 297 g/mol. The minimum atomic E-state index is -0.417. The number of likely N-dealkylation sites (N-methyl/N-ethyl adjacent to an activating group) is 1. The molecule has 0 N–H and O–H groups in total.